The highest BCUT2D eigenvalue weighted by Gasteiger charge is 2.39. The van der Waals surface area contributed by atoms with Gasteiger partial charge in [0.2, 0.25) is 0 Å². The second kappa shape index (κ2) is 12.2. The summed E-state index contributed by atoms with van der Waals surface area (Å²) in [4.78, 5) is 37.6. The van der Waals surface area contributed by atoms with Crippen LogP contribution < -0.4 is 21.1 Å². The first-order valence-electron chi connectivity index (χ1n) is 14.7. The molecule has 1 amide bonds. The van der Waals surface area contributed by atoms with Crippen LogP contribution in [0.25, 0.3) is 11.5 Å². The number of nitrogens with one attached hydrogen (secondary N) is 2. The standard InChI is InChI=1S/C34H28F2N8O2/c35-25-13-7-15-37-32(25)43-16-8-14-27(34(43)46)39-29-18-30(44-31(41-29)24(19-38-44)33(45)40-28-17-26(28)36)42(20-22-9-3-1-4-10-22)21-23-11-5-2-6-12-23/h1-16,18-19,26,28H,17,20-21H2,(H,39,41)(H,40,45)/t26-,28+/m0/s1. The smallest absolute Gasteiger partial charge is 0.280 e. The summed E-state index contributed by atoms with van der Waals surface area (Å²) in [7, 11) is 0. The lowest BCUT2D eigenvalue weighted by molar-refractivity contribution is 0.0949. The molecule has 10 nitrogen and oxygen atoms in total. The Labute approximate surface area is 262 Å². The Morgan fingerprint density at radius 2 is 1.65 bits per heavy atom. The molecule has 1 aliphatic carbocycles. The molecule has 1 fully saturated rings. The number of alkyl halides is 1. The Kier molecular flexibility index (Phi) is 7.67. The molecular formula is C34H28F2N8O2. The van der Waals surface area contributed by atoms with Crippen molar-refractivity contribution in [2.45, 2.75) is 31.7 Å². The fourth-order valence-electron chi connectivity index (χ4n) is 5.23. The van der Waals surface area contributed by atoms with Crippen LogP contribution in [0.2, 0.25) is 0 Å². The van der Waals surface area contributed by atoms with Crippen LogP contribution >= 0.6 is 0 Å². The normalized spacial score (nSPS) is 15.4. The molecule has 4 heterocycles. The molecule has 230 valence electrons. The van der Waals surface area contributed by atoms with E-state index in [1.54, 1.807) is 22.7 Å². The molecule has 2 aromatic carbocycles. The van der Waals surface area contributed by atoms with Crippen molar-refractivity contribution < 1.29 is 13.6 Å². The molecule has 0 radical (unpaired) electrons. The molecule has 12 heteroatoms. The number of anilines is 3. The number of benzene rings is 2. The van der Waals surface area contributed by atoms with E-state index in [9.17, 15) is 18.4 Å². The SMILES string of the molecule is O=C(N[C@@H]1C[C@@H]1F)c1cnn2c(N(Cc3ccccc3)Cc3ccccc3)cc(Nc3cccn(-c4ncccc4F)c3=O)nc12. The number of amides is 1. The average Bonchev–Trinajstić information content (AvgIpc) is 3.58. The van der Waals surface area contributed by atoms with E-state index in [1.807, 2.05) is 60.7 Å². The van der Waals surface area contributed by atoms with E-state index in [-0.39, 0.29) is 35.0 Å². The molecule has 1 aliphatic rings. The van der Waals surface area contributed by atoms with Crippen LogP contribution in [0.3, 0.4) is 0 Å². The van der Waals surface area contributed by atoms with Crippen molar-refractivity contribution in [1.82, 2.24) is 29.5 Å². The molecule has 2 atom stereocenters. The number of hydrogen-bond donors (Lipinski definition) is 2. The summed E-state index contributed by atoms with van der Waals surface area (Å²) in [6.07, 6.45) is 3.42. The van der Waals surface area contributed by atoms with Gasteiger partial charge in [-0.05, 0) is 35.4 Å². The van der Waals surface area contributed by atoms with Gasteiger partial charge in [0, 0.05) is 38.0 Å². The van der Waals surface area contributed by atoms with E-state index in [0.717, 1.165) is 15.7 Å². The van der Waals surface area contributed by atoms with Gasteiger partial charge in [-0.2, -0.15) is 9.61 Å². The van der Waals surface area contributed by atoms with Gasteiger partial charge in [-0.25, -0.2) is 18.7 Å². The Morgan fingerprint density at radius 1 is 0.957 bits per heavy atom. The minimum absolute atomic E-state index is 0.108. The molecule has 4 aromatic heterocycles. The summed E-state index contributed by atoms with van der Waals surface area (Å²) in [5.41, 5.74) is 2.00. The van der Waals surface area contributed by atoms with Crippen molar-refractivity contribution in [3.63, 3.8) is 0 Å². The largest absolute Gasteiger partial charge is 0.348 e. The van der Waals surface area contributed by atoms with Gasteiger partial charge in [0.25, 0.3) is 11.5 Å². The van der Waals surface area contributed by atoms with Crippen molar-refractivity contribution in [2.24, 2.45) is 0 Å². The Hall–Kier alpha value is -5.91. The predicted octanol–water partition coefficient (Wildman–Crippen LogP) is 5.20. The number of pyridine rings is 2. The molecule has 0 aliphatic heterocycles. The summed E-state index contributed by atoms with van der Waals surface area (Å²) in [6, 6.07) is 26.8. The van der Waals surface area contributed by atoms with Crippen LogP contribution in [0.5, 0.6) is 0 Å². The van der Waals surface area contributed by atoms with E-state index in [0.29, 0.717) is 18.9 Å². The molecule has 6 aromatic rings. The van der Waals surface area contributed by atoms with Crippen molar-refractivity contribution >= 4 is 28.9 Å². The van der Waals surface area contributed by atoms with E-state index in [2.05, 4.69) is 30.6 Å². The topological polar surface area (TPSA) is 109 Å². The maximum Gasteiger partial charge on any atom is 0.280 e. The monoisotopic (exact) mass is 618 g/mol. The third kappa shape index (κ3) is 5.92. The molecule has 0 bridgehead atoms. The molecule has 1 saturated carbocycles. The van der Waals surface area contributed by atoms with Crippen LogP contribution in [0.15, 0.2) is 114 Å². The lowest BCUT2D eigenvalue weighted by atomic mass is 10.1. The highest BCUT2D eigenvalue weighted by molar-refractivity contribution is 6.00. The van der Waals surface area contributed by atoms with Crippen molar-refractivity contribution in [2.75, 3.05) is 10.2 Å². The van der Waals surface area contributed by atoms with Crippen molar-refractivity contribution in [1.29, 1.82) is 0 Å². The molecule has 7 rings (SSSR count). The first-order valence-corrected chi connectivity index (χ1v) is 14.7. The van der Waals surface area contributed by atoms with Gasteiger partial charge in [0.1, 0.15) is 29.1 Å². The number of fused-ring (bicyclic) bond motifs is 1. The zero-order valence-corrected chi connectivity index (χ0v) is 24.4. The van der Waals surface area contributed by atoms with E-state index >= 15 is 0 Å². The lowest BCUT2D eigenvalue weighted by Crippen LogP contribution is -2.28. The first-order chi connectivity index (χ1) is 22.4. The lowest BCUT2D eigenvalue weighted by Gasteiger charge is -2.26. The van der Waals surface area contributed by atoms with E-state index < -0.39 is 29.5 Å². The summed E-state index contributed by atoms with van der Waals surface area (Å²) < 4.78 is 30.9. The zero-order valence-electron chi connectivity index (χ0n) is 24.4. The van der Waals surface area contributed by atoms with E-state index in [4.69, 9.17) is 0 Å². The second-order valence-corrected chi connectivity index (χ2v) is 11.0. The molecule has 0 unspecified atom stereocenters. The number of carbonyl (C=O) groups is 1. The second-order valence-electron chi connectivity index (χ2n) is 11.0. The van der Waals surface area contributed by atoms with Crippen LogP contribution in [0, 0.1) is 5.82 Å². The minimum atomic E-state index is -1.08. The third-order valence-electron chi connectivity index (χ3n) is 7.66. The van der Waals surface area contributed by atoms with Crippen LogP contribution in [0.1, 0.15) is 27.9 Å². The number of rotatable bonds is 10. The van der Waals surface area contributed by atoms with Gasteiger partial charge < -0.3 is 15.5 Å². The zero-order chi connectivity index (χ0) is 31.6. The molecule has 2 N–H and O–H groups in total. The predicted molar refractivity (Wildman–Crippen MR) is 170 cm³/mol. The van der Waals surface area contributed by atoms with Crippen molar-refractivity contribution in [3.8, 4) is 5.82 Å². The molecule has 0 spiro atoms. The molecule has 0 saturated heterocycles. The quantitative estimate of drug-likeness (QED) is 0.217. The van der Waals surface area contributed by atoms with E-state index in [1.165, 1.54) is 30.7 Å². The van der Waals surface area contributed by atoms with Gasteiger partial charge in [0.05, 0.1) is 12.2 Å². The maximum absolute atomic E-state index is 14.6. The highest BCUT2D eigenvalue weighted by Crippen LogP contribution is 2.29. The Balaban J connectivity index is 1.34. The van der Waals surface area contributed by atoms with Crippen LogP contribution in [-0.2, 0) is 13.1 Å². The van der Waals surface area contributed by atoms with Gasteiger partial charge in [-0.15, -0.1) is 0 Å². The Morgan fingerprint density at radius 3 is 2.30 bits per heavy atom. The minimum Gasteiger partial charge on any atom is -0.348 e. The van der Waals surface area contributed by atoms with Crippen LogP contribution in [0.4, 0.5) is 26.1 Å². The maximum atomic E-state index is 14.6. The van der Waals surface area contributed by atoms with Crippen LogP contribution in [-0.4, -0.2) is 42.3 Å². The third-order valence-corrected chi connectivity index (χ3v) is 7.66. The number of hydrogen-bond acceptors (Lipinski definition) is 7. The fraction of sp³-hybridized carbons (Fsp3) is 0.147. The molecule has 46 heavy (non-hydrogen) atoms. The molecular weight excluding hydrogens is 590 g/mol. The Bertz CT molecular complexity index is 2040. The summed E-state index contributed by atoms with van der Waals surface area (Å²) in [5, 5.41) is 10.3. The number of halogens is 2. The summed E-state index contributed by atoms with van der Waals surface area (Å²) in [5.74, 6) is -0.461. The first kappa shape index (κ1) is 28.8. The van der Waals surface area contributed by atoms with Crippen molar-refractivity contribution in [3.05, 3.63) is 142 Å². The van der Waals surface area contributed by atoms with Gasteiger partial charge in [0.15, 0.2) is 17.3 Å². The van der Waals surface area contributed by atoms with Gasteiger partial charge in [-0.3, -0.25) is 14.2 Å². The van der Waals surface area contributed by atoms with Gasteiger partial charge >= 0.3 is 0 Å². The fourth-order valence-corrected chi connectivity index (χ4v) is 5.23. The number of aromatic nitrogens is 5. The summed E-state index contributed by atoms with van der Waals surface area (Å²) >= 11 is 0. The summed E-state index contributed by atoms with van der Waals surface area (Å²) in [6.45, 7) is 0.969. The number of carbonyl (C=O) groups excluding carboxylic acids is 1. The average molecular weight is 619 g/mol. The highest BCUT2D eigenvalue weighted by atomic mass is 19.1. The van der Waals surface area contributed by atoms with Gasteiger partial charge in [-0.1, -0.05) is 60.7 Å². The number of nitrogens with zero attached hydrogens (tertiary/aromatic N) is 6.